The molecule has 0 aliphatic carbocycles. The standard InChI is InChI=1S/C100H81B3N9S4Si2/c1-62(2)116-92-46-26-20-40-78(92)107(79-41-21-27-47-93(79)116)65-52-75-98-87(53-65)105(63-32-12-10-13-33-63)76-38-18-16-36-68(76)101(98)70-58-71-84(60-74(70)104-75)110(113-3)90-56-67(109-82-44-24-30-50-96(82)118(8,9)97-51-31-25-45-83(97)109)57-91-100(90)103(71)73-59-72-85(61-86(73)112(91)115-5)111(114-4)89-55-66(108-80-42-22-28-48-94(80)117(6,7)95-49-29-23-43-81(95)108)54-88-99(89)102(72)69-37-17-19-39-77(69)106(88)64-34-14-11-15-35-64/h10-62,104H,1-9H3/q+1. The number of anilines is 23. The average Bonchev–Trinajstić information content (AvgIpc) is 0.680. The van der Waals surface area contributed by atoms with Crippen LogP contribution < -0.4 is 113 Å². The van der Waals surface area contributed by atoms with Crippen LogP contribution in [-0.2, 0) is 10.9 Å². The molecule has 0 radical (unpaired) electrons. The van der Waals surface area contributed by atoms with Crippen molar-refractivity contribution in [3.63, 3.8) is 0 Å². The molecular weight excluding hydrogens is 1540 g/mol. The normalized spacial score (nSPS) is 15.7. The highest BCUT2D eigenvalue weighted by Crippen LogP contribution is 2.56. The minimum Gasteiger partial charge on any atom is -0.356 e. The minimum absolute atomic E-state index is 0.135. The van der Waals surface area contributed by atoms with Crippen LogP contribution in [0.3, 0.4) is 0 Å². The molecule has 15 aromatic carbocycles. The van der Waals surface area contributed by atoms with Gasteiger partial charge in [0.15, 0.2) is 9.79 Å². The lowest BCUT2D eigenvalue weighted by Gasteiger charge is -2.47. The number of benzene rings is 15. The lowest BCUT2D eigenvalue weighted by molar-refractivity contribution is 1.05. The average molecular weight is 1630 g/mol. The van der Waals surface area contributed by atoms with Crippen molar-refractivity contribution in [2.75, 3.05) is 61.5 Å². The van der Waals surface area contributed by atoms with E-state index in [0.29, 0.717) is 5.25 Å². The molecule has 0 unspecified atom stereocenters. The molecule has 0 fully saturated rings. The van der Waals surface area contributed by atoms with Crippen molar-refractivity contribution in [3.8, 4) is 0 Å². The second-order valence-corrected chi connectivity index (χ2v) is 47.0. The van der Waals surface area contributed by atoms with Gasteiger partial charge >= 0.3 is 0 Å². The van der Waals surface area contributed by atoms with Crippen molar-refractivity contribution in [1.82, 2.24) is 0 Å². The van der Waals surface area contributed by atoms with Crippen LogP contribution in [0.5, 0.6) is 0 Å². The number of para-hydroxylation sites is 10. The van der Waals surface area contributed by atoms with E-state index in [1.807, 2.05) is 35.8 Å². The summed E-state index contributed by atoms with van der Waals surface area (Å²) in [5.74, 6) is 0. The maximum atomic E-state index is 4.37. The highest BCUT2D eigenvalue weighted by Gasteiger charge is 2.53. The summed E-state index contributed by atoms with van der Waals surface area (Å²) in [6.45, 7) is 14.4. The molecule has 0 atom stereocenters. The van der Waals surface area contributed by atoms with Crippen LogP contribution >= 0.6 is 35.8 Å². The zero-order chi connectivity index (χ0) is 79.0. The van der Waals surface area contributed by atoms with Gasteiger partial charge in [-0.15, -0.1) is 0 Å². The molecule has 0 aromatic heterocycles. The van der Waals surface area contributed by atoms with Gasteiger partial charge in [0, 0.05) is 104 Å². The van der Waals surface area contributed by atoms with Gasteiger partial charge in [0.05, 0.1) is 45.0 Å². The van der Waals surface area contributed by atoms with Crippen LogP contribution in [0.1, 0.15) is 13.8 Å². The fourth-order valence-corrected chi connectivity index (χ4v) is 32.4. The third-order valence-corrected chi connectivity index (χ3v) is 38.6. The van der Waals surface area contributed by atoms with Gasteiger partial charge in [0.25, 0.3) is 20.1 Å². The highest BCUT2D eigenvalue weighted by molar-refractivity contribution is 8.01. The predicted molar refractivity (Wildman–Crippen MR) is 522 cm³/mol. The van der Waals surface area contributed by atoms with Gasteiger partial charge in [-0.3, -0.25) is 12.9 Å². The monoisotopic (exact) mass is 1620 g/mol. The molecule has 9 heterocycles. The second kappa shape index (κ2) is 26.3. The van der Waals surface area contributed by atoms with Crippen molar-refractivity contribution < 1.29 is 0 Å². The Morgan fingerprint density at radius 3 is 1.01 bits per heavy atom. The summed E-state index contributed by atoms with van der Waals surface area (Å²) >= 11 is 5.45. The summed E-state index contributed by atoms with van der Waals surface area (Å²) in [7, 11) is -4.46. The van der Waals surface area contributed by atoms with Crippen molar-refractivity contribution in [3.05, 3.63) is 315 Å². The van der Waals surface area contributed by atoms with Crippen molar-refractivity contribution in [2.24, 2.45) is 0 Å². The Morgan fingerprint density at radius 1 is 0.263 bits per heavy atom. The molecule has 0 saturated carbocycles. The molecule has 18 heteroatoms. The van der Waals surface area contributed by atoms with Crippen LogP contribution in [0.4, 0.5) is 131 Å². The quantitative estimate of drug-likeness (QED) is 0.0850. The van der Waals surface area contributed by atoms with Gasteiger partial charge in [0.1, 0.15) is 32.8 Å². The molecule has 9 aliphatic rings. The Labute approximate surface area is 710 Å². The minimum atomic E-state index is -2.18. The Hall–Kier alpha value is -11.5. The predicted octanol–water partition coefficient (Wildman–Crippen LogP) is 18.5. The topological polar surface area (TPSA) is 38.0 Å². The first kappa shape index (κ1) is 70.7. The number of hydrogen-bond donors (Lipinski definition) is 1. The van der Waals surface area contributed by atoms with E-state index in [1.54, 1.807) is 0 Å². The summed E-state index contributed by atoms with van der Waals surface area (Å²) < 4.78 is 7.82. The Bertz CT molecular complexity index is 6680. The summed E-state index contributed by atoms with van der Waals surface area (Å²) in [6, 6.07) is 122. The van der Waals surface area contributed by atoms with E-state index in [1.165, 1.54) is 171 Å². The number of rotatable bonds is 9. The van der Waals surface area contributed by atoms with Crippen LogP contribution in [-0.4, -0.2) is 60.3 Å². The molecule has 9 nitrogen and oxygen atoms in total. The van der Waals surface area contributed by atoms with Crippen LogP contribution in [0.25, 0.3) is 0 Å². The van der Waals surface area contributed by atoms with Crippen LogP contribution in [0.15, 0.2) is 325 Å². The Balaban J connectivity index is 0.765. The second-order valence-electron chi connectivity index (χ2n) is 33.7. The van der Waals surface area contributed by atoms with Gasteiger partial charge in [0.2, 0.25) is 0 Å². The first-order chi connectivity index (χ1) is 57.8. The third-order valence-electron chi connectivity index (χ3n) is 26.7. The van der Waals surface area contributed by atoms with E-state index < -0.39 is 16.1 Å². The molecule has 1 N–H and O–H groups in total. The van der Waals surface area contributed by atoms with E-state index in [2.05, 4.69) is 417 Å². The fraction of sp³-hybridized carbons (Fsp3) is 0.100. The Morgan fingerprint density at radius 2 is 0.576 bits per heavy atom. The highest BCUT2D eigenvalue weighted by atomic mass is 32.2. The van der Waals surface area contributed by atoms with Crippen molar-refractivity contribution >= 4 is 284 Å². The fourth-order valence-electron chi connectivity index (χ4n) is 21.9. The summed E-state index contributed by atoms with van der Waals surface area (Å²) in [5.41, 5.74) is 38.9. The number of nitrogens with one attached hydrogen (secondary N) is 1. The first-order valence-electron chi connectivity index (χ1n) is 41.1. The van der Waals surface area contributed by atoms with E-state index in [0.717, 1.165) is 39.8 Å². The molecule has 15 aromatic rings. The van der Waals surface area contributed by atoms with Gasteiger partial charge in [-0.25, -0.2) is 0 Å². The summed E-state index contributed by atoms with van der Waals surface area (Å²) in [6.07, 6.45) is 6.88. The van der Waals surface area contributed by atoms with Gasteiger partial charge in [-0.2, -0.15) is 0 Å². The van der Waals surface area contributed by atoms with E-state index in [-0.39, 0.29) is 31.0 Å². The third kappa shape index (κ3) is 9.78. The van der Waals surface area contributed by atoms with Crippen LogP contribution in [0.2, 0.25) is 26.2 Å². The van der Waals surface area contributed by atoms with Gasteiger partial charge in [-0.05, 0) is 253 Å². The van der Waals surface area contributed by atoms with E-state index >= 15 is 0 Å². The maximum Gasteiger partial charge on any atom is 0.252 e. The Kier molecular flexibility index (Phi) is 15.7. The number of hydrogen-bond acceptors (Lipinski definition) is 12. The van der Waals surface area contributed by atoms with Gasteiger partial charge in [-0.1, -0.05) is 208 Å². The lowest BCUT2D eigenvalue weighted by Crippen LogP contribution is -2.66. The molecule has 118 heavy (non-hydrogen) atoms. The molecule has 0 spiro atoms. The molecule has 0 bridgehead atoms. The van der Waals surface area contributed by atoms with Crippen molar-refractivity contribution in [2.45, 2.75) is 55.1 Å². The van der Waals surface area contributed by atoms with Crippen molar-refractivity contribution in [1.29, 1.82) is 0 Å². The summed E-state index contributed by atoms with van der Waals surface area (Å²) in [4.78, 5) is 15.6. The molecular formula is C100H81B3N9S4Si2+. The summed E-state index contributed by atoms with van der Waals surface area (Å²) in [5, 5.41) is 10.6. The molecule has 0 amide bonds. The largest absolute Gasteiger partial charge is 0.356 e. The molecule has 0 saturated heterocycles. The first-order valence-corrected chi connectivity index (χ1v) is 51.9. The van der Waals surface area contributed by atoms with Crippen LogP contribution in [0, 0.1) is 0 Å². The van der Waals surface area contributed by atoms with Gasteiger partial charge < -0.3 is 29.8 Å². The van der Waals surface area contributed by atoms with E-state index in [9.17, 15) is 0 Å². The van der Waals surface area contributed by atoms with E-state index in [4.69, 9.17) is 0 Å². The molecule has 9 aliphatic heterocycles. The zero-order valence-corrected chi connectivity index (χ0v) is 72.3. The zero-order valence-electron chi connectivity index (χ0n) is 67.0. The number of nitrogens with zero attached hydrogens (tertiary/aromatic N) is 8. The number of fused-ring (bicyclic) bond motifs is 18. The SMILES string of the molecule is CSN1c2cc3c(cc2B2c4cc5c(cc4N(SC)c4cc(N6c7ccccc7[Si](C)(C)c7ccccc76)cc1c42)N(SC)c1cc(N2c4ccccc4[Si](C)(C)c4ccccc42)cc2c1B5c1ccccc1N2c1ccccc1)B1c2ccccc2N(c2ccccc2)c2cc(N4c5ccccc5[S+](C(C)C)c5ccccc54)cc(c21)N3. The smallest absolute Gasteiger partial charge is 0.252 e. The maximum absolute atomic E-state index is 4.37. The molecule has 24 rings (SSSR count). The lowest BCUT2D eigenvalue weighted by atomic mass is 9.29. The molecule has 566 valence electrons.